The van der Waals surface area contributed by atoms with Crippen molar-refractivity contribution in [3.05, 3.63) is 35.7 Å². The lowest BCUT2D eigenvalue weighted by Gasteiger charge is -2.12. The summed E-state index contributed by atoms with van der Waals surface area (Å²) in [6.45, 7) is 9.37. The molecule has 0 atom stereocenters. The van der Waals surface area contributed by atoms with Crippen LogP contribution in [-0.4, -0.2) is 25.9 Å². The van der Waals surface area contributed by atoms with Crippen molar-refractivity contribution in [2.75, 3.05) is 6.54 Å². The van der Waals surface area contributed by atoms with Crippen molar-refractivity contribution in [1.29, 1.82) is 0 Å². The van der Waals surface area contributed by atoms with E-state index in [1.54, 1.807) is 0 Å². The van der Waals surface area contributed by atoms with Crippen molar-refractivity contribution in [1.82, 2.24) is 24.6 Å². The number of hydrogen-bond acceptors (Lipinski definition) is 3. The summed E-state index contributed by atoms with van der Waals surface area (Å²) in [4.78, 5) is 4.44. The summed E-state index contributed by atoms with van der Waals surface area (Å²) < 4.78 is 4.23. The standard InChI is InChI=1S/C15H25N5/c1-12(2)9-16-10-15-11-17-13(3)20(15)8-6-14-5-7-18-19(14)4/h5,7,11-12,16H,6,8-10H2,1-4H3. The highest BCUT2D eigenvalue weighted by atomic mass is 15.3. The number of nitrogens with one attached hydrogen (secondary N) is 1. The molecule has 1 N–H and O–H groups in total. The second-order valence-corrected chi connectivity index (χ2v) is 5.67. The van der Waals surface area contributed by atoms with Gasteiger partial charge in [0.1, 0.15) is 5.82 Å². The molecule has 5 nitrogen and oxygen atoms in total. The molecule has 0 unspecified atom stereocenters. The maximum atomic E-state index is 4.44. The molecule has 20 heavy (non-hydrogen) atoms. The van der Waals surface area contributed by atoms with Gasteiger partial charge in [0.25, 0.3) is 0 Å². The fourth-order valence-electron chi connectivity index (χ4n) is 2.32. The quantitative estimate of drug-likeness (QED) is 0.839. The molecule has 0 amide bonds. The number of aryl methyl sites for hydroxylation is 3. The molecule has 0 spiro atoms. The van der Waals surface area contributed by atoms with Crippen LogP contribution in [0.5, 0.6) is 0 Å². The second kappa shape index (κ2) is 6.70. The third-order valence-corrected chi connectivity index (χ3v) is 3.51. The molecule has 0 bridgehead atoms. The van der Waals surface area contributed by atoms with Crippen LogP contribution in [0.3, 0.4) is 0 Å². The van der Waals surface area contributed by atoms with Gasteiger partial charge in [0, 0.05) is 44.6 Å². The zero-order valence-electron chi connectivity index (χ0n) is 12.9. The Morgan fingerprint density at radius 3 is 2.75 bits per heavy atom. The van der Waals surface area contributed by atoms with E-state index < -0.39 is 0 Å². The minimum absolute atomic E-state index is 0.668. The summed E-state index contributed by atoms with van der Waals surface area (Å²) >= 11 is 0. The third kappa shape index (κ3) is 3.70. The minimum atomic E-state index is 0.668. The molecular formula is C15H25N5. The van der Waals surface area contributed by atoms with Crippen LogP contribution in [0.15, 0.2) is 18.5 Å². The summed E-state index contributed by atoms with van der Waals surface area (Å²) in [5, 5.41) is 7.69. The predicted molar refractivity (Wildman–Crippen MR) is 80.4 cm³/mol. The number of aromatic nitrogens is 4. The minimum Gasteiger partial charge on any atom is -0.331 e. The number of hydrogen-bond donors (Lipinski definition) is 1. The van der Waals surface area contributed by atoms with Crippen molar-refractivity contribution in [2.24, 2.45) is 13.0 Å². The van der Waals surface area contributed by atoms with Gasteiger partial charge in [-0.25, -0.2) is 4.98 Å². The molecule has 0 saturated carbocycles. The molecule has 110 valence electrons. The first-order valence-electron chi connectivity index (χ1n) is 7.26. The fraction of sp³-hybridized carbons (Fsp3) is 0.600. The fourth-order valence-corrected chi connectivity index (χ4v) is 2.32. The van der Waals surface area contributed by atoms with Gasteiger partial charge in [-0.15, -0.1) is 0 Å². The van der Waals surface area contributed by atoms with E-state index in [-0.39, 0.29) is 0 Å². The Labute approximate surface area is 121 Å². The molecule has 0 aromatic carbocycles. The summed E-state index contributed by atoms with van der Waals surface area (Å²) in [6, 6.07) is 2.07. The highest BCUT2D eigenvalue weighted by Crippen LogP contribution is 2.08. The van der Waals surface area contributed by atoms with E-state index in [0.717, 1.165) is 31.9 Å². The van der Waals surface area contributed by atoms with Crippen molar-refractivity contribution >= 4 is 0 Å². The van der Waals surface area contributed by atoms with Gasteiger partial charge >= 0.3 is 0 Å². The van der Waals surface area contributed by atoms with Crippen LogP contribution in [0.4, 0.5) is 0 Å². The Bertz CT molecular complexity index is 538. The van der Waals surface area contributed by atoms with Crippen LogP contribution < -0.4 is 5.32 Å². The Kier molecular flexibility index (Phi) is 4.95. The molecule has 0 radical (unpaired) electrons. The van der Waals surface area contributed by atoms with Crippen molar-refractivity contribution in [3.63, 3.8) is 0 Å². The molecular weight excluding hydrogens is 250 g/mol. The largest absolute Gasteiger partial charge is 0.331 e. The van der Waals surface area contributed by atoms with Crippen LogP contribution in [0, 0.1) is 12.8 Å². The molecule has 2 aromatic heterocycles. The van der Waals surface area contributed by atoms with Gasteiger partial charge in [-0.05, 0) is 25.5 Å². The van der Waals surface area contributed by atoms with Gasteiger partial charge < -0.3 is 9.88 Å². The lowest BCUT2D eigenvalue weighted by Crippen LogP contribution is -2.21. The van der Waals surface area contributed by atoms with Crippen LogP contribution in [0.25, 0.3) is 0 Å². The summed E-state index contributed by atoms with van der Waals surface area (Å²) in [5.41, 5.74) is 2.50. The molecule has 2 aromatic rings. The predicted octanol–water partition coefficient (Wildman–Crippen LogP) is 1.91. The SMILES string of the molecule is Cc1ncc(CNCC(C)C)n1CCc1ccnn1C. The second-order valence-electron chi connectivity index (χ2n) is 5.67. The zero-order valence-corrected chi connectivity index (χ0v) is 12.9. The third-order valence-electron chi connectivity index (χ3n) is 3.51. The Hall–Kier alpha value is -1.62. The summed E-state index contributed by atoms with van der Waals surface area (Å²) in [7, 11) is 1.99. The smallest absolute Gasteiger partial charge is 0.105 e. The van der Waals surface area contributed by atoms with Crippen LogP contribution in [-0.2, 0) is 26.6 Å². The summed E-state index contributed by atoms with van der Waals surface area (Å²) in [6.07, 6.45) is 4.80. The normalized spacial score (nSPS) is 11.4. The number of imidazole rings is 1. The van der Waals surface area contributed by atoms with E-state index in [4.69, 9.17) is 0 Å². The molecule has 0 fully saturated rings. The zero-order chi connectivity index (χ0) is 14.5. The highest BCUT2D eigenvalue weighted by molar-refractivity contribution is 5.06. The van der Waals surface area contributed by atoms with Crippen molar-refractivity contribution in [2.45, 2.75) is 40.3 Å². The van der Waals surface area contributed by atoms with Gasteiger partial charge in [0.05, 0.1) is 5.69 Å². The average Bonchev–Trinajstić information content (AvgIpc) is 2.94. The van der Waals surface area contributed by atoms with Gasteiger partial charge in [-0.2, -0.15) is 5.10 Å². The lowest BCUT2D eigenvalue weighted by atomic mass is 10.2. The monoisotopic (exact) mass is 275 g/mol. The Morgan fingerprint density at radius 2 is 2.10 bits per heavy atom. The van der Waals surface area contributed by atoms with E-state index in [1.807, 2.05) is 24.1 Å². The van der Waals surface area contributed by atoms with Crippen molar-refractivity contribution < 1.29 is 0 Å². The molecule has 0 aliphatic rings. The van der Waals surface area contributed by atoms with Gasteiger partial charge in [0.2, 0.25) is 0 Å². The van der Waals surface area contributed by atoms with Crippen LogP contribution >= 0.6 is 0 Å². The number of nitrogens with zero attached hydrogens (tertiary/aromatic N) is 4. The van der Waals surface area contributed by atoms with E-state index in [2.05, 4.69) is 46.8 Å². The summed E-state index contributed by atoms with van der Waals surface area (Å²) in [5.74, 6) is 1.75. The Morgan fingerprint density at radius 1 is 1.30 bits per heavy atom. The van der Waals surface area contributed by atoms with Gasteiger partial charge in [-0.3, -0.25) is 4.68 Å². The maximum absolute atomic E-state index is 4.44. The van der Waals surface area contributed by atoms with Gasteiger partial charge in [0.15, 0.2) is 0 Å². The van der Waals surface area contributed by atoms with Gasteiger partial charge in [-0.1, -0.05) is 13.8 Å². The van der Waals surface area contributed by atoms with E-state index in [0.29, 0.717) is 5.92 Å². The first-order valence-corrected chi connectivity index (χ1v) is 7.26. The first kappa shape index (κ1) is 14.8. The van der Waals surface area contributed by atoms with E-state index in [9.17, 15) is 0 Å². The molecule has 2 rings (SSSR count). The number of rotatable bonds is 7. The maximum Gasteiger partial charge on any atom is 0.105 e. The average molecular weight is 275 g/mol. The van der Waals surface area contributed by atoms with Crippen molar-refractivity contribution in [3.8, 4) is 0 Å². The topological polar surface area (TPSA) is 47.7 Å². The molecule has 0 aliphatic heterocycles. The first-order chi connectivity index (χ1) is 9.58. The molecule has 0 aliphatic carbocycles. The van der Waals surface area contributed by atoms with Crippen LogP contribution in [0.1, 0.15) is 31.1 Å². The lowest BCUT2D eigenvalue weighted by molar-refractivity contribution is 0.528. The molecule has 0 saturated heterocycles. The van der Waals surface area contributed by atoms with E-state index in [1.165, 1.54) is 11.4 Å². The van der Waals surface area contributed by atoms with E-state index >= 15 is 0 Å². The molecule has 2 heterocycles. The Balaban J connectivity index is 1.96. The highest BCUT2D eigenvalue weighted by Gasteiger charge is 2.08. The molecule has 5 heteroatoms. The van der Waals surface area contributed by atoms with Crippen LogP contribution in [0.2, 0.25) is 0 Å².